The van der Waals surface area contributed by atoms with Crippen LogP contribution in [0.1, 0.15) is 53.6 Å². The number of nitrogens with zero attached hydrogens (tertiary/aromatic N) is 1. The van der Waals surface area contributed by atoms with Crippen LogP contribution in [0, 0.1) is 0 Å². The number of carbonyl (C=O) groups excluding carboxylic acids is 2. The van der Waals surface area contributed by atoms with Crippen LogP contribution in [0.5, 0.6) is 0 Å². The minimum absolute atomic E-state index is 0.0948. The van der Waals surface area contributed by atoms with E-state index in [1.807, 2.05) is 24.1 Å². The summed E-state index contributed by atoms with van der Waals surface area (Å²) in [5.74, 6) is 0.217. The summed E-state index contributed by atoms with van der Waals surface area (Å²) in [5.41, 5.74) is 3.46. The molecule has 0 aromatic heterocycles. The van der Waals surface area contributed by atoms with Crippen LogP contribution in [-0.2, 0) is 17.6 Å². The fourth-order valence-corrected chi connectivity index (χ4v) is 3.87. The predicted octanol–water partition coefficient (Wildman–Crippen LogP) is 2.35. The molecule has 1 saturated heterocycles. The van der Waals surface area contributed by atoms with Crippen LogP contribution < -0.4 is 5.32 Å². The molecule has 1 aliphatic carbocycles. The molecule has 1 N–H and O–H groups in total. The SMILES string of the molecule is CNCC1CCCN1C(=O)CCC(=O)c1ccc2c(c1)CCC2. The molecular formula is C19H26N2O2. The van der Waals surface area contributed by atoms with Gasteiger partial charge in [0, 0.05) is 37.5 Å². The Morgan fingerprint density at radius 3 is 2.83 bits per heavy atom. The van der Waals surface area contributed by atoms with Crippen molar-refractivity contribution in [1.29, 1.82) is 0 Å². The predicted molar refractivity (Wildman–Crippen MR) is 90.7 cm³/mol. The van der Waals surface area contributed by atoms with Crippen molar-refractivity contribution in [3.8, 4) is 0 Å². The summed E-state index contributed by atoms with van der Waals surface area (Å²) in [6, 6.07) is 6.34. The number of nitrogens with one attached hydrogen (secondary N) is 1. The zero-order chi connectivity index (χ0) is 16.2. The van der Waals surface area contributed by atoms with Crippen molar-refractivity contribution in [1.82, 2.24) is 10.2 Å². The molecule has 1 aromatic rings. The van der Waals surface area contributed by atoms with Gasteiger partial charge >= 0.3 is 0 Å². The molecule has 1 unspecified atom stereocenters. The fourth-order valence-electron chi connectivity index (χ4n) is 3.87. The van der Waals surface area contributed by atoms with Crippen LogP contribution in [0.15, 0.2) is 18.2 Å². The summed E-state index contributed by atoms with van der Waals surface area (Å²) < 4.78 is 0. The van der Waals surface area contributed by atoms with E-state index in [1.165, 1.54) is 17.5 Å². The molecule has 1 fully saturated rings. The molecule has 1 atom stereocenters. The molecule has 0 bridgehead atoms. The lowest BCUT2D eigenvalue weighted by Crippen LogP contribution is -2.40. The van der Waals surface area contributed by atoms with Crippen molar-refractivity contribution in [3.05, 3.63) is 34.9 Å². The third kappa shape index (κ3) is 3.63. The van der Waals surface area contributed by atoms with Crippen molar-refractivity contribution in [2.24, 2.45) is 0 Å². The molecule has 4 heteroatoms. The van der Waals surface area contributed by atoms with E-state index in [1.54, 1.807) is 0 Å². The number of carbonyl (C=O) groups is 2. The molecule has 1 amide bonds. The molecule has 4 nitrogen and oxygen atoms in total. The number of fused-ring (bicyclic) bond motifs is 1. The molecule has 3 rings (SSSR count). The Kier molecular flexibility index (Phi) is 5.11. The highest BCUT2D eigenvalue weighted by Gasteiger charge is 2.28. The van der Waals surface area contributed by atoms with E-state index < -0.39 is 0 Å². The Morgan fingerprint density at radius 2 is 2.00 bits per heavy atom. The van der Waals surface area contributed by atoms with Gasteiger partial charge in [-0.3, -0.25) is 9.59 Å². The zero-order valence-electron chi connectivity index (χ0n) is 13.9. The van der Waals surface area contributed by atoms with Gasteiger partial charge in [0.15, 0.2) is 5.78 Å². The minimum Gasteiger partial charge on any atom is -0.338 e. The Morgan fingerprint density at radius 1 is 1.17 bits per heavy atom. The lowest BCUT2D eigenvalue weighted by atomic mass is 10.0. The van der Waals surface area contributed by atoms with E-state index in [9.17, 15) is 9.59 Å². The fraction of sp³-hybridized carbons (Fsp3) is 0.579. The summed E-state index contributed by atoms with van der Waals surface area (Å²) in [7, 11) is 1.92. The lowest BCUT2D eigenvalue weighted by Gasteiger charge is -2.24. The van der Waals surface area contributed by atoms with Gasteiger partial charge in [0.2, 0.25) is 5.91 Å². The number of aryl methyl sites for hydroxylation is 2. The average Bonchev–Trinajstić information content (AvgIpc) is 3.20. The average molecular weight is 314 g/mol. The number of benzene rings is 1. The summed E-state index contributed by atoms with van der Waals surface area (Å²) in [6.45, 7) is 1.67. The summed E-state index contributed by atoms with van der Waals surface area (Å²) in [4.78, 5) is 26.7. The molecule has 0 spiro atoms. The Labute approximate surface area is 138 Å². The van der Waals surface area contributed by atoms with E-state index in [-0.39, 0.29) is 11.7 Å². The highest BCUT2D eigenvalue weighted by Crippen LogP contribution is 2.24. The molecule has 1 aliphatic heterocycles. The molecular weight excluding hydrogens is 288 g/mol. The molecule has 124 valence electrons. The maximum atomic E-state index is 12.4. The van der Waals surface area contributed by atoms with Gasteiger partial charge in [0.1, 0.15) is 0 Å². The van der Waals surface area contributed by atoms with Crippen molar-refractivity contribution in [2.75, 3.05) is 20.1 Å². The van der Waals surface area contributed by atoms with Crippen molar-refractivity contribution in [3.63, 3.8) is 0 Å². The summed E-state index contributed by atoms with van der Waals surface area (Å²) >= 11 is 0. The first-order valence-corrected chi connectivity index (χ1v) is 8.78. The number of amides is 1. The largest absolute Gasteiger partial charge is 0.338 e. The van der Waals surface area contributed by atoms with Gasteiger partial charge in [0.25, 0.3) is 0 Å². The number of Topliss-reactive ketones (excluding diaryl/α,β-unsaturated/α-hetero) is 1. The lowest BCUT2D eigenvalue weighted by molar-refractivity contribution is -0.131. The maximum Gasteiger partial charge on any atom is 0.223 e. The van der Waals surface area contributed by atoms with Gasteiger partial charge in [0.05, 0.1) is 0 Å². The van der Waals surface area contributed by atoms with Crippen LogP contribution in [0.2, 0.25) is 0 Å². The topological polar surface area (TPSA) is 49.4 Å². The minimum atomic E-state index is 0.0948. The van der Waals surface area contributed by atoms with Gasteiger partial charge in [-0.1, -0.05) is 12.1 Å². The second-order valence-corrected chi connectivity index (χ2v) is 6.70. The zero-order valence-corrected chi connectivity index (χ0v) is 13.9. The molecule has 23 heavy (non-hydrogen) atoms. The van der Waals surface area contributed by atoms with E-state index in [0.29, 0.717) is 18.9 Å². The Balaban J connectivity index is 1.55. The van der Waals surface area contributed by atoms with Gasteiger partial charge in [-0.25, -0.2) is 0 Å². The molecule has 1 heterocycles. The normalized spacial score (nSPS) is 19.9. The van der Waals surface area contributed by atoms with Crippen molar-refractivity contribution >= 4 is 11.7 Å². The van der Waals surface area contributed by atoms with E-state index in [4.69, 9.17) is 0 Å². The maximum absolute atomic E-state index is 12.4. The van der Waals surface area contributed by atoms with Gasteiger partial charge < -0.3 is 10.2 Å². The third-order valence-corrected chi connectivity index (χ3v) is 5.12. The van der Waals surface area contributed by atoms with E-state index >= 15 is 0 Å². The Hall–Kier alpha value is -1.68. The molecule has 1 aromatic carbocycles. The van der Waals surface area contributed by atoms with Crippen LogP contribution in [-0.4, -0.2) is 42.8 Å². The first kappa shape index (κ1) is 16.2. The number of hydrogen-bond acceptors (Lipinski definition) is 3. The highest BCUT2D eigenvalue weighted by atomic mass is 16.2. The monoisotopic (exact) mass is 314 g/mol. The van der Waals surface area contributed by atoms with Crippen molar-refractivity contribution in [2.45, 2.75) is 51.0 Å². The third-order valence-electron chi connectivity index (χ3n) is 5.12. The molecule has 2 aliphatic rings. The van der Waals surface area contributed by atoms with Gasteiger partial charge in [-0.05, 0) is 56.3 Å². The van der Waals surface area contributed by atoms with Gasteiger partial charge in [-0.15, -0.1) is 0 Å². The molecule has 0 radical (unpaired) electrons. The quantitative estimate of drug-likeness (QED) is 0.820. The smallest absolute Gasteiger partial charge is 0.223 e. The van der Waals surface area contributed by atoms with Crippen LogP contribution in [0.4, 0.5) is 0 Å². The first-order chi connectivity index (χ1) is 11.2. The number of likely N-dealkylation sites (N-methyl/N-ethyl adjacent to an activating group) is 1. The first-order valence-electron chi connectivity index (χ1n) is 8.78. The second kappa shape index (κ2) is 7.26. The van der Waals surface area contributed by atoms with Gasteiger partial charge in [-0.2, -0.15) is 0 Å². The number of rotatable bonds is 6. The number of likely N-dealkylation sites (tertiary alicyclic amines) is 1. The van der Waals surface area contributed by atoms with Crippen LogP contribution in [0.25, 0.3) is 0 Å². The highest BCUT2D eigenvalue weighted by molar-refractivity contribution is 5.98. The second-order valence-electron chi connectivity index (χ2n) is 6.70. The Bertz CT molecular complexity index is 597. The van der Waals surface area contributed by atoms with E-state index in [2.05, 4.69) is 11.4 Å². The van der Waals surface area contributed by atoms with Crippen LogP contribution >= 0.6 is 0 Å². The number of hydrogen-bond donors (Lipinski definition) is 1. The number of ketones is 1. The summed E-state index contributed by atoms with van der Waals surface area (Å²) in [5, 5.41) is 3.15. The van der Waals surface area contributed by atoms with E-state index in [0.717, 1.165) is 44.3 Å². The van der Waals surface area contributed by atoms with Crippen LogP contribution in [0.3, 0.4) is 0 Å². The van der Waals surface area contributed by atoms with Crippen molar-refractivity contribution < 1.29 is 9.59 Å². The standard InChI is InChI=1S/C19H26N2O2/c1-20-13-17-6-3-11-21(17)19(23)10-9-18(22)16-8-7-14-4-2-5-15(14)12-16/h7-8,12,17,20H,2-6,9-11,13H2,1H3. The summed E-state index contributed by atoms with van der Waals surface area (Å²) in [6.07, 6.45) is 6.17. The molecule has 0 saturated carbocycles.